The number of nitrogens with two attached hydrogens (primary N) is 1. The summed E-state index contributed by atoms with van der Waals surface area (Å²) < 4.78 is 5.28. The van der Waals surface area contributed by atoms with Gasteiger partial charge in [-0.25, -0.2) is 0 Å². The monoisotopic (exact) mass is 192 g/mol. The van der Waals surface area contributed by atoms with E-state index in [1.54, 1.807) is 11.0 Å². The largest absolute Gasteiger partial charge is 0.481 e. The highest BCUT2D eigenvalue weighted by Gasteiger charge is 2.25. The molecule has 0 unspecified atom stereocenters. The normalized spacial score (nSPS) is 14.9. The summed E-state index contributed by atoms with van der Waals surface area (Å²) in [6.07, 6.45) is 0. The number of nitrogens with zero attached hydrogens (tertiary/aromatic N) is 1. The molecule has 4 nitrogen and oxygen atoms in total. The van der Waals surface area contributed by atoms with E-state index >= 15 is 0 Å². The van der Waals surface area contributed by atoms with Gasteiger partial charge in [0.25, 0.3) is 5.91 Å². The van der Waals surface area contributed by atoms with E-state index < -0.39 is 0 Å². The van der Waals surface area contributed by atoms with E-state index in [1.807, 2.05) is 19.1 Å². The van der Waals surface area contributed by atoms with Crippen molar-refractivity contribution in [3.63, 3.8) is 0 Å². The molecule has 1 heterocycles. The Hall–Kier alpha value is -1.71. The van der Waals surface area contributed by atoms with Gasteiger partial charge in [0.15, 0.2) is 6.61 Å². The number of rotatable bonds is 1. The first-order valence-corrected chi connectivity index (χ1v) is 4.55. The third kappa shape index (κ3) is 1.19. The number of hydrogen-bond donors (Lipinski definition) is 1. The summed E-state index contributed by atoms with van der Waals surface area (Å²) in [5.41, 5.74) is 7.08. The molecule has 0 saturated carbocycles. The van der Waals surface area contributed by atoms with Gasteiger partial charge in [0, 0.05) is 6.54 Å². The van der Waals surface area contributed by atoms with Crippen LogP contribution in [0.1, 0.15) is 6.92 Å². The van der Waals surface area contributed by atoms with Crippen LogP contribution in [0.3, 0.4) is 0 Å². The van der Waals surface area contributed by atoms with Gasteiger partial charge in [0.1, 0.15) is 11.4 Å². The maximum absolute atomic E-state index is 11.5. The molecule has 0 saturated heterocycles. The molecule has 0 spiro atoms. The summed E-state index contributed by atoms with van der Waals surface area (Å²) in [5, 5.41) is 0. The van der Waals surface area contributed by atoms with Gasteiger partial charge in [-0.05, 0) is 19.1 Å². The number of ether oxygens (including phenoxy) is 1. The van der Waals surface area contributed by atoms with Crippen molar-refractivity contribution >= 4 is 17.3 Å². The van der Waals surface area contributed by atoms with Crippen LogP contribution >= 0.6 is 0 Å². The zero-order chi connectivity index (χ0) is 10.1. The molecule has 1 aliphatic rings. The molecule has 1 aromatic carbocycles. The number of amides is 1. The van der Waals surface area contributed by atoms with Crippen LogP contribution in [0.5, 0.6) is 5.75 Å². The number of anilines is 2. The molecule has 0 bridgehead atoms. The number of fused-ring (bicyclic) bond motifs is 1. The van der Waals surface area contributed by atoms with Gasteiger partial charge in [-0.3, -0.25) is 4.79 Å². The van der Waals surface area contributed by atoms with Gasteiger partial charge < -0.3 is 15.4 Å². The summed E-state index contributed by atoms with van der Waals surface area (Å²) in [4.78, 5) is 13.1. The van der Waals surface area contributed by atoms with Crippen molar-refractivity contribution in [1.82, 2.24) is 0 Å². The number of benzene rings is 1. The Morgan fingerprint density at radius 3 is 3.07 bits per heavy atom. The topological polar surface area (TPSA) is 55.6 Å². The fourth-order valence-corrected chi connectivity index (χ4v) is 1.62. The molecule has 0 aliphatic carbocycles. The van der Waals surface area contributed by atoms with Crippen LogP contribution < -0.4 is 15.4 Å². The minimum Gasteiger partial charge on any atom is -0.481 e. The maximum atomic E-state index is 11.5. The second-order valence-electron chi connectivity index (χ2n) is 3.12. The first kappa shape index (κ1) is 8.87. The molecule has 1 aliphatic heterocycles. The summed E-state index contributed by atoms with van der Waals surface area (Å²) in [7, 11) is 0. The highest BCUT2D eigenvalue weighted by Crippen LogP contribution is 2.36. The van der Waals surface area contributed by atoms with Crippen molar-refractivity contribution < 1.29 is 9.53 Å². The first-order valence-electron chi connectivity index (χ1n) is 4.55. The van der Waals surface area contributed by atoms with Crippen LogP contribution in [0.4, 0.5) is 11.4 Å². The zero-order valence-corrected chi connectivity index (χ0v) is 7.99. The van der Waals surface area contributed by atoms with Gasteiger partial charge in [-0.15, -0.1) is 0 Å². The highest BCUT2D eigenvalue weighted by atomic mass is 16.5. The molecular formula is C10H12N2O2. The van der Waals surface area contributed by atoms with Gasteiger partial charge in [-0.2, -0.15) is 0 Å². The van der Waals surface area contributed by atoms with Crippen LogP contribution in [0.2, 0.25) is 0 Å². The van der Waals surface area contributed by atoms with Crippen LogP contribution in [-0.2, 0) is 4.79 Å². The number of nitrogen functional groups attached to an aromatic ring is 1. The lowest BCUT2D eigenvalue weighted by Crippen LogP contribution is -2.39. The van der Waals surface area contributed by atoms with Gasteiger partial charge >= 0.3 is 0 Å². The van der Waals surface area contributed by atoms with Crippen LogP contribution in [0, 0.1) is 0 Å². The molecule has 1 aromatic rings. The van der Waals surface area contributed by atoms with E-state index in [1.165, 1.54) is 0 Å². The number of likely N-dealkylation sites (N-methyl/N-ethyl adjacent to an activating group) is 1. The molecule has 1 amide bonds. The van der Waals surface area contributed by atoms with Crippen molar-refractivity contribution in [1.29, 1.82) is 0 Å². The molecule has 0 atom stereocenters. The lowest BCUT2D eigenvalue weighted by atomic mass is 10.2. The maximum Gasteiger partial charge on any atom is 0.265 e. The Labute approximate surface area is 82.3 Å². The fraction of sp³-hybridized carbons (Fsp3) is 0.300. The Morgan fingerprint density at radius 2 is 2.36 bits per heavy atom. The molecule has 14 heavy (non-hydrogen) atoms. The van der Waals surface area contributed by atoms with Crippen molar-refractivity contribution in [3.05, 3.63) is 18.2 Å². The lowest BCUT2D eigenvalue weighted by molar-refractivity contribution is -0.121. The van der Waals surface area contributed by atoms with Crippen LogP contribution in [-0.4, -0.2) is 19.1 Å². The molecule has 0 aromatic heterocycles. The number of para-hydroxylation sites is 1. The highest BCUT2D eigenvalue weighted by molar-refractivity contribution is 6.01. The third-order valence-corrected chi connectivity index (χ3v) is 2.27. The SMILES string of the molecule is CCN1C(=O)COc2cccc(N)c21. The lowest BCUT2D eigenvalue weighted by Gasteiger charge is -2.29. The van der Waals surface area contributed by atoms with Gasteiger partial charge in [0.05, 0.1) is 5.69 Å². The zero-order valence-electron chi connectivity index (χ0n) is 7.99. The molecular weight excluding hydrogens is 180 g/mol. The number of carbonyl (C=O) groups is 1. The minimum atomic E-state index is -0.0436. The third-order valence-electron chi connectivity index (χ3n) is 2.27. The molecule has 0 fully saturated rings. The fourth-order valence-electron chi connectivity index (χ4n) is 1.62. The summed E-state index contributed by atoms with van der Waals surface area (Å²) in [6, 6.07) is 5.40. The Kier molecular flexibility index (Phi) is 2.04. The number of hydrogen-bond acceptors (Lipinski definition) is 3. The summed E-state index contributed by atoms with van der Waals surface area (Å²) >= 11 is 0. The Bertz CT molecular complexity index is 376. The van der Waals surface area contributed by atoms with E-state index in [0.29, 0.717) is 23.7 Å². The van der Waals surface area contributed by atoms with E-state index in [9.17, 15) is 4.79 Å². The predicted molar refractivity (Wildman–Crippen MR) is 54.4 cm³/mol. The number of carbonyl (C=O) groups excluding carboxylic acids is 1. The molecule has 0 radical (unpaired) electrons. The molecule has 74 valence electrons. The van der Waals surface area contributed by atoms with Crippen molar-refractivity contribution in [2.75, 3.05) is 23.8 Å². The quantitative estimate of drug-likeness (QED) is 0.676. The predicted octanol–water partition coefficient (Wildman–Crippen LogP) is 1.01. The van der Waals surface area contributed by atoms with Gasteiger partial charge in [-0.1, -0.05) is 6.07 Å². The average Bonchev–Trinajstić information content (AvgIpc) is 2.19. The van der Waals surface area contributed by atoms with Crippen molar-refractivity contribution in [3.8, 4) is 5.75 Å². The summed E-state index contributed by atoms with van der Waals surface area (Å²) in [6.45, 7) is 2.63. The van der Waals surface area contributed by atoms with E-state index in [2.05, 4.69) is 0 Å². The molecule has 4 heteroatoms. The van der Waals surface area contributed by atoms with E-state index in [0.717, 1.165) is 0 Å². The Balaban J connectivity index is 2.54. The molecule has 2 rings (SSSR count). The Morgan fingerprint density at radius 1 is 1.57 bits per heavy atom. The first-order chi connectivity index (χ1) is 6.74. The second-order valence-corrected chi connectivity index (χ2v) is 3.12. The van der Waals surface area contributed by atoms with E-state index in [-0.39, 0.29) is 12.5 Å². The standard InChI is InChI=1S/C10H12N2O2/c1-2-12-9(13)6-14-8-5-3-4-7(11)10(8)12/h3-5H,2,6,11H2,1H3. The minimum absolute atomic E-state index is 0.0436. The van der Waals surface area contributed by atoms with Crippen molar-refractivity contribution in [2.24, 2.45) is 0 Å². The van der Waals surface area contributed by atoms with Crippen molar-refractivity contribution in [2.45, 2.75) is 6.92 Å². The van der Waals surface area contributed by atoms with Crippen LogP contribution in [0.25, 0.3) is 0 Å². The van der Waals surface area contributed by atoms with Gasteiger partial charge in [0.2, 0.25) is 0 Å². The average molecular weight is 192 g/mol. The smallest absolute Gasteiger partial charge is 0.265 e. The van der Waals surface area contributed by atoms with Crippen LogP contribution in [0.15, 0.2) is 18.2 Å². The summed E-state index contributed by atoms with van der Waals surface area (Å²) in [5.74, 6) is 0.643. The van der Waals surface area contributed by atoms with E-state index in [4.69, 9.17) is 10.5 Å². The second kappa shape index (κ2) is 3.21. The molecule has 2 N–H and O–H groups in total.